The number of anilines is 2. The van der Waals surface area contributed by atoms with Crippen LogP contribution in [0.25, 0.3) is 0 Å². The van der Waals surface area contributed by atoms with Gasteiger partial charge in [0, 0.05) is 12.8 Å². The Bertz CT molecular complexity index is 593. The summed E-state index contributed by atoms with van der Waals surface area (Å²) in [5.74, 6) is -0.723. The van der Waals surface area contributed by atoms with Gasteiger partial charge in [-0.25, -0.2) is 8.42 Å². The zero-order chi connectivity index (χ0) is 15.5. The summed E-state index contributed by atoms with van der Waals surface area (Å²) in [4.78, 5) is 13.3. The number of hydrogen-bond acceptors (Lipinski definition) is 7. The van der Waals surface area contributed by atoms with Crippen molar-refractivity contribution in [3.05, 3.63) is 4.88 Å². The molecule has 5 N–H and O–H groups in total. The van der Waals surface area contributed by atoms with Gasteiger partial charge in [0.2, 0.25) is 0 Å². The Morgan fingerprint density at radius 1 is 1.40 bits per heavy atom. The molecule has 1 heterocycles. The van der Waals surface area contributed by atoms with E-state index in [0.29, 0.717) is 11.5 Å². The van der Waals surface area contributed by atoms with Gasteiger partial charge in [0.1, 0.15) is 14.8 Å². The number of nitrogen functional groups attached to an aromatic ring is 1. The lowest BCUT2D eigenvalue weighted by Gasteiger charge is -2.10. The van der Waals surface area contributed by atoms with Crippen molar-refractivity contribution < 1.29 is 13.2 Å². The molecule has 1 aromatic rings. The molecule has 20 heavy (non-hydrogen) atoms. The number of amides is 1. The summed E-state index contributed by atoms with van der Waals surface area (Å²) in [6.45, 7) is 1.45. The number of nitrogens with one attached hydrogen (secondary N) is 1. The van der Waals surface area contributed by atoms with Crippen molar-refractivity contribution >= 4 is 37.8 Å². The van der Waals surface area contributed by atoms with Gasteiger partial charge in [-0.3, -0.25) is 4.79 Å². The molecule has 0 spiro atoms. The third-order valence-corrected chi connectivity index (χ3v) is 5.03. The van der Waals surface area contributed by atoms with Crippen LogP contribution in [0.2, 0.25) is 0 Å². The van der Waals surface area contributed by atoms with Crippen LogP contribution >= 0.6 is 11.3 Å². The predicted octanol–water partition coefficient (Wildman–Crippen LogP) is 0.196. The summed E-state index contributed by atoms with van der Waals surface area (Å²) in [6.07, 6.45) is 1.89. The fourth-order valence-electron chi connectivity index (χ4n) is 1.69. The minimum absolute atomic E-state index is 0.0406. The van der Waals surface area contributed by atoms with E-state index in [9.17, 15) is 13.2 Å². The second-order valence-corrected chi connectivity index (χ2v) is 7.70. The summed E-state index contributed by atoms with van der Waals surface area (Å²) in [6, 6.07) is 0. The number of sulfone groups is 1. The van der Waals surface area contributed by atoms with E-state index >= 15 is 0 Å². The van der Waals surface area contributed by atoms with E-state index < -0.39 is 15.7 Å². The first-order chi connectivity index (χ1) is 9.14. The molecule has 0 bridgehead atoms. The Kier molecular flexibility index (Phi) is 5.37. The maximum absolute atomic E-state index is 11.8. The van der Waals surface area contributed by atoms with Gasteiger partial charge in [0.25, 0.3) is 5.91 Å². The number of thiophene rings is 1. The van der Waals surface area contributed by atoms with Crippen LogP contribution in [0, 0.1) is 0 Å². The Labute approximate surface area is 122 Å². The van der Waals surface area contributed by atoms with Gasteiger partial charge in [-0.1, -0.05) is 0 Å². The molecule has 0 saturated heterocycles. The summed E-state index contributed by atoms with van der Waals surface area (Å²) < 4.78 is 23.6. The van der Waals surface area contributed by atoms with E-state index in [-0.39, 0.29) is 15.5 Å². The Balaban J connectivity index is 3.00. The van der Waals surface area contributed by atoms with Crippen molar-refractivity contribution in [2.45, 2.75) is 11.3 Å². The molecule has 0 aliphatic heterocycles. The molecule has 9 heteroatoms. The van der Waals surface area contributed by atoms with Crippen molar-refractivity contribution in [3.8, 4) is 0 Å². The third kappa shape index (κ3) is 4.09. The van der Waals surface area contributed by atoms with Crippen LogP contribution in [0.15, 0.2) is 4.90 Å². The number of carbonyl (C=O) groups excluding carboxylic acids is 1. The Morgan fingerprint density at radius 3 is 2.45 bits per heavy atom. The number of hydrogen-bond donors (Lipinski definition) is 3. The van der Waals surface area contributed by atoms with Gasteiger partial charge in [0.05, 0.1) is 5.69 Å². The van der Waals surface area contributed by atoms with E-state index in [1.165, 1.54) is 0 Å². The average molecular weight is 320 g/mol. The highest BCUT2D eigenvalue weighted by Crippen LogP contribution is 2.38. The Morgan fingerprint density at radius 2 is 2.00 bits per heavy atom. The molecular weight excluding hydrogens is 300 g/mol. The standard InChI is InChI=1S/C11H20N4O3S2/c1-15(2)6-4-5-14-11-9(20(3,17)18)7(12)8(19-11)10(13)16/h14H,4-6,12H2,1-3H3,(H2,13,16). The topological polar surface area (TPSA) is 119 Å². The molecular formula is C11H20N4O3S2. The second kappa shape index (κ2) is 6.42. The normalized spacial score (nSPS) is 11.8. The van der Waals surface area contributed by atoms with Crippen molar-refractivity contribution in [1.29, 1.82) is 0 Å². The molecule has 1 aromatic heterocycles. The zero-order valence-electron chi connectivity index (χ0n) is 11.8. The molecule has 0 radical (unpaired) electrons. The number of primary amides is 1. The predicted molar refractivity (Wildman–Crippen MR) is 82.0 cm³/mol. The van der Waals surface area contributed by atoms with Crippen LogP contribution in [0.5, 0.6) is 0 Å². The number of nitrogens with zero attached hydrogens (tertiary/aromatic N) is 1. The van der Waals surface area contributed by atoms with Crippen LogP contribution in [0.3, 0.4) is 0 Å². The van der Waals surface area contributed by atoms with Crippen molar-refractivity contribution in [1.82, 2.24) is 4.90 Å². The first kappa shape index (κ1) is 16.7. The average Bonchev–Trinajstić information content (AvgIpc) is 2.61. The van der Waals surface area contributed by atoms with Gasteiger partial charge in [0.15, 0.2) is 9.84 Å². The van der Waals surface area contributed by atoms with Crippen molar-refractivity contribution in [2.24, 2.45) is 5.73 Å². The van der Waals surface area contributed by atoms with Crippen LogP contribution in [-0.4, -0.2) is 52.7 Å². The molecule has 114 valence electrons. The molecule has 0 atom stereocenters. The fraction of sp³-hybridized carbons (Fsp3) is 0.545. The van der Waals surface area contributed by atoms with E-state index in [1.54, 1.807) is 0 Å². The number of nitrogens with two attached hydrogens (primary N) is 2. The maximum atomic E-state index is 11.8. The maximum Gasteiger partial charge on any atom is 0.261 e. The smallest absolute Gasteiger partial charge is 0.261 e. The summed E-state index contributed by atoms with van der Waals surface area (Å²) in [5.41, 5.74) is 10.9. The second-order valence-electron chi connectivity index (χ2n) is 4.72. The summed E-state index contributed by atoms with van der Waals surface area (Å²) in [7, 11) is 0.384. The van der Waals surface area contributed by atoms with Gasteiger partial charge >= 0.3 is 0 Å². The molecule has 0 saturated carbocycles. The molecule has 0 aromatic carbocycles. The van der Waals surface area contributed by atoms with Gasteiger partial charge in [-0.15, -0.1) is 11.3 Å². The Hall–Kier alpha value is -1.32. The first-order valence-electron chi connectivity index (χ1n) is 5.95. The minimum atomic E-state index is -3.53. The van der Waals surface area contributed by atoms with E-state index in [0.717, 1.165) is 30.6 Å². The highest BCUT2D eigenvalue weighted by molar-refractivity contribution is 7.91. The summed E-state index contributed by atoms with van der Waals surface area (Å²) in [5, 5.41) is 3.39. The van der Waals surface area contributed by atoms with Crippen LogP contribution in [0.4, 0.5) is 10.7 Å². The minimum Gasteiger partial charge on any atom is -0.396 e. The van der Waals surface area contributed by atoms with Crippen molar-refractivity contribution in [3.63, 3.8) is 0 Å². The SMILES string of the molecule is CN(C)CCCNc1sc(C(N)=O)c(N)c1S(C)(=O)=O. The van der Waals surface area contributed by atoms with E-state index in [1.807, 2.05) is 19.0 Å². The van der Waals surface area contributed by atoms with Gasteiger partial charge < -0.3 is 21.7 Å². The lowest BCUT2D eigenvalue weighted by molar-refractivity contribution is 0.100. The highest BCUT2D eigenvalue weighted by Gasteiger charge is 2.25. The van der Waals surface area contributed by atoms with Crippen molar-refractivity contribution in [2.75, 3.05) is 44.5 Å². The quantitative estimate of drug-likeness (QED) is 0.617. The molecule has 0 fully saturated rings. The van der Waals surface area contributed by atoms with E-state index in [4.69, 9.17) is 11.5 Å². The molecule has 1 rings (SSSR count). The lowest BCUT2D eigenvalue weighted by Crippen LogP contribution is -2.16. The first-order valence-corrected chi connectivity index (χ1v) is 8.66. The van der Waals surface area contributed by atoms with Crippen LogP contribution < -0.4 is 16.8 Å². The third-order valence-electron chi connectivity index (χ3n) is 2.56. The molecule has 0 unspecified atom stereocenters. The van der Waals surface area contributed by atoms with Crippen LogP contribution in [0.1, 0.15) is 16.1 Å². The molecule has 0 aliphatic rings. The monoisotopic (exact) mass is 320 g/mol. The largest absolute Gasteiger partial charge is 0.396 e. The molecule has 0 aliphatic carbocycles. The number of rotatable bonds is 7. The van der Waals surface area contributed by atoms with Gasteiger partial charge in [-0.2, -0.15) is 0 Å². The van der Waals surface area contributed by atoms with Gasteiger partial charge in [-0.05, 0) is 27.1 Å². The summed E-state index contributed by atoms with van der Waals surface area (Å²) >= 11 is 0.977. The molecule has 7 nitrogen and oxygen atoms in total. The number of carbonyl (C=O) groups is 1. The highest BCUT2D eigenvalue weighted by atomic mass is 32.2. The van der Waals surface area contributed by atoms with Crippen LogP contribution in [-0.2, 0) is 9.84 Å². The fourth-order valence-corrected chi connectivity index (χ4v) is 4.14. The lowest BCUT2D eigenvalue weighted by atomic mass is 10.3. The van der Waals surface area contributed by atoms with E-state index in [2.05, 4.69) is 5.32 Å². The molecule has 1 amide bonds. The zero-order valence-corrected chi connectivity index (χ0v) is 13.4.